The molecule has 4 N–H and O–H groups in total. The highest BCUT2D eigenvalue weighted by atomic mass is 19.4. The molecule has 152 valence electrons. The molecule has 0 spiro atoms. The van der Waals surface area contributed by atoms with E-state index in [4.69, 9.17) is 5.73 Å². The highest BCUT2D eigenvalue weighted by Crippen LogP contribution is 2.42. The summed E-state index contributed by atoms with van der Waals surface area (Å²) in [5.41, 5.74) is 3.11. The second-order valence-corrected chi connectivity index (χ2v) is 7.96. The first kappa shape index (κ1) is 20.1. The molecule has 0 radical (unpaired) electrons. The average molecular weight is 388 g/mol. The first-order chi connectivity index (χ1) is 12.6. The van der Waals surface area contributed by atoms with E-state index >= 15 is 0 Å². The third kappa shape index (κ3) is 3.85. The molecule has 1 heterocycles. The molecule has 27 heavy (non-hydrogen) atoms. The molecular weight excluding hydrogens is 361 g/mol. The number of nitrogens with one attached hydrogen (secondary N) is 1. The van der Waals surface area contributed by atoms with Crippen LogP contribution in [0.3, 0.4) is 0 Å². The number of halogens is 3. The van der Waals surface area contributed by atoms with Crippen LogP contribution in [0.2, 0.25) is 0 Å². The van der Waals surface area contributed by atoms with E-state index < -0.39 is 24.0 Å². The molecule has 3 atom stereocenters. The van der Waals surface area contributed by atoms with E-state index in [9.17, 15) is 23.1 Å². The topological polar surface area (TPSA) is 93.2 Å². The van der Waals surface area contributed by atoms with E-state index in [1.807, 2.05) is 0 Å². The Morgan fingerprint density at radius 1 is 1.37 bits per heavy atom. The van der Waals surface area contributed by atoms with Crippen LogP contribution in [0, 0.1) is 17.8 Å². The molecule has 2 saturated carbocycles. The molecular formula is C18H27F3N4O2. The first-order valence-corrected chi connectivity index (χ1v) is 9.43. The van der Waals surface area contributed by atoms with Crippen LogP contribution in [0.5, 0.6) is 0 Å². The SMILES string of the molecule is Cn1ccnc1C(O)(CCNC(=O)C1CC2CCCC(C1)C2N)C(F)(F)F. The Morgan fingerprint density at radius 2 is 2.00 bits per heavy atom. The summed E-state index contributed by atoms with van der Waals surface area (Å²) in [5, 5.41) is 12.9. The lowest BCUT2D eigenvalue weighted by Crippen LogP contribution is -2.50. The van der Waals surface area contributed by atoms with E-state index in [0.29, 0.717) is 24.7 Å². The molecule has 1 aromatic heterocycles. The van der Waals surface area contributed by atoms with Crippen LogP contribution in [-0.4, -0.2) is 39.3 Å². The fraction of sp³-hybridized carbons (Fsp3) is 0.778. The highest BCUT2D eigenvalue weighted by molar-refractivity contribution is 5.78. The van der Waals surface area contributed by atoms with Gasteiger partial charge in [-0.25, -0.2) is 4.98 Å². The zero-order valence-corrected chi connectivity index (χ0v) is 15.4. The molecule has 1 amide bonds. The third-order valence-corrected chi connectivity index (χ3v) is 6.23. The molecule has 9 heteroatoms. The summed E-state index contributed by atoms with van der Waals surface area (Å²) in [6, 6.07) is 0.126. The second kappa shape index (κ2) is 7.43. The van der Waals surface area contributed by atoms with E-state index in [2.05, 4.69) is 10.3 Å². The van der Waals surface area contributed by atoms with Crippen molar-refractivity contribution in [2.45, 2.75) is 56.3 Å². The lowest BCUT2D eigenvalue weighted by molar-refractivity contribution is -0.272. The van der Waals surface area contributed by atoms with Crippen LogP contribution >= 0.6 is 0 Å². The number of fused-ring (bicyclic) bond motifs is 2. The predicted octanol–water partition coefficient (Wildman–Crippen LogP) is 1.83. The number of aliphatic hydroxyl groups is 1. The molecule has 0 saturated heterocycles. The van der Waals surface area contributed by atoms with E-state index in [0.717, 1.165) is 23.8 Å². The van der Waals surface area contributed by atoms with Gasteiger partial charge in [-0.1, -0.05) is 6.42 Å². The number of aromatic nitrogens is 2. The lowest BCUT2D eigenvalue weighted by atomic mass is 9.65. The molecule has 2 bridgehead atoms. The Bertz CT molecular complexity index is 664. The van der Waals surface area contributed by atoms with Gasteiger partial charge in [0.1, 0.15) is 5.82 Å². The van der Waals surface area contributed by atoms with Gasteiger partial charge in [0.2, 0.25) is 11.5 Å². The minimum atomic E-state index is -4.90. The first-order valence-electron chi connectivity index (χ1n) is 9.43. The lowest BCUT2D eigenvalue weighted by Gasteiger charge is -2.43. The van der Waals surface area contributed by atoms with Gasteiger partial charge in [0.25, 0.3) is 0 Å². The van der Waals surface area contributed by atoms with Gasteiger partial charge < -0.3 is 20.7 Å². The van der Waals surface area contributed by atoms with Crippen molar-refractivity contribution >= 4 is 5.91 Å². The van der Waals surface area contributed by atoms with Crippen molar-refractivity contribution in [3.63, 3.8) is 0 Å². The Balaban J connectivity index is 1.61. The van der Waals surface area contributed by atoms with Gasteiger partial charge in [-0.05, 0) is 37.5 Å². The van der Waals surface area contributed by atoms with Crippen molar-refractivity contribution in [1.82, 2.24) is 14.9 Å². The number of nitrogens with zero attached hydrogens (tertiary/aromatic N) is 2. The van der Waals surface area contributed by atoms with Gasteiger partial charge in [-0.2, -0.15) is 13.2 Å². The third-order valence-electron chi connectivity index (χ3n) is 6.23. The Hall–Kier alpha value is -1.61. The summed E-state index contributed by atoms with van der Waals surface area (Å²) in [6.45, 7) is -0.278. The minimum Gasteiger partial charge on any atom is -0.374 e. The summed E-state index contributed by atoms with van der Waals surface area (Å²) in [5.74, 6) is -0.321. The molecule has 3 unspecified atom stereocenters. The van der Waals surface area contributed by atoms with E-state index in [1.165, 1.54) is 19.4 Å². The van der Waals surface area contributed by atoms with Crippen molar-refractivity contribution in [3.8, 4) is 0 Å². The minimum absolute atomic E-state index is 0.126. The fourth-order valence-electron chi connectivity index (χ4n) is 4.66. The zero-order chi connectivity index (χ0) is 19.8. The number of nitrogens with two attached hydrogens (primary N) is 1. The van der Waals surface area contributed by atoms with E-state index in [-0.39, 0.29) is 24.4 Å². The largest absolute Gasteiger partial charge is 0.424 e. The normalized spacial score (nSPS) is 30.6. The number of amides is 1. The molecule has 0 aromatic carbocycles. The molecule has 2 aliphatic rings. The molecule has 6 nitrogen and oxygen atoms in total. The molecule has 1 aromatic rings. The number of aryl methyl sites for hydroxylation is 1. The van der Waals surface area contributed by atoms with Crippen LogP contribution in [0.4, 0.5) is 13.2 Å². The van der Waals surface area contributed by atoms with Crippen molar-refractivity contribution in [1.29, 1.82) is 0 Å². The van der Waals surface area contributed by atoms with Crippen molar-refractivity contribution in [2.75, 3.05) is 6.54 Å². The van der Waals surface area contributed by atoms with Crippen LogP contribution in [0.1, 0.15) is 44.3 Å². The van der Waals surface area contributed by atoms with Gasteiger partial charge in [0, 0.05) is 44.4 Å². The number of hydrogen-bond acceptors (Lipinski definition) is 4. The maximum absolute atomic E-state index is 13.5. The summed E-state index contributed by atoms with van der Waals surface area (Å²) in [7, 11) is 1.39. The molecule has 3 rings (SSSR count). The summed E-state index contributed by atoms with van der Waals surface area (Å²) in [6.07, 6.45) is 1.47. The number of hydrogen-bond donors (Lipinski definition) is 3. The number of imidazole rings is 1. The summed E-state index contributed by atoms with van der Waals surface area (Å²) in [4.78, 5) is 16.1. The highest BCUT2D eigenvalue weighted by Gasteiger charge is 2.57. The van der Waals surface area contributed by atoms with Crippen LogP contribution in [0.25, 0.3) is 0 Å². The van der Waals surface area contributed by atoms with Gasteiger partial charge >= 0.3 is 6.18 Å². The maximum atomic E-state index is 13.5. The maximum Gasteiger partial charge on any atom is 0.424 e. The number of alkyl halides is 3. The Morgan fingerprint density at radius 3 is 2.52 bits per heavy atom. The number of carbonyl (C=O) groups excluding carboxylic acids is 1. The average Bonchev–Trinajstić information content (AvgIpc) is 2.99. The molecule has 0 aliphatic heterocycles. The van der Waals surface area contributed by atoms with Crippen molar-refractivity contribution in [2.24, 2.45) is 30.5 Å². The standard InChI is InChI=1S/C18H27F3N4O2/c1-25-8-7-24-16(25)17(27,18(19,20)21)5-6-23-15(26)13-9-11-3-2-4-12(10-13)14(11)22/h7-8,11-14,27H,2-6,9-10,22H2,1H3,(H,23,26). The number of rotatable bonds is 5. The quantitative estimate of drug-likeness (QED) is 0.718. The summed E-state index contributed by atoms with van der Waals surface area (Å²) >= 11 is 0. The van der Waals surface area contributed by atoms with Crippen molar-refractivity contribution in [3.05, 3.63) is 18.2 Å². The van der Waals surface area contributed by atoms with Gasteiger partial charge in [0.05, 0.1) is 0 Å². The van der Waals surface area contributed by atoms with Crippen LogP contribution in [0.15, 0.2) is 12.4 Å². The van der Waals surface area contributed by atoms with Gasteiger partial charge in [-0.3, -0.25) is 4.79 Å². The van der Waals surface area contributed by atoms with E-state index in [1.54, 1.807) is 0 Å². The summed E-state index contributed by atoms with van der Waals surface area (Å²) < 4.78 is 41.6. The van der Waals surface area contributed by atoms with Gasteiger partial charge in [-0.15, -0.1) is 0 Å². The Kier molecular flexibility index (Phi) is 5.54. The van der Waals surface area contributed by atoms with Gasteiger partial charge in [0.15, 0.2) is 0 Å². The predicted molar refractivity (Wildman–Crippen MR) is 92.3 cm³/mol. The van der Waals surface area contributed by atoms with Crippen LogP contribution in [-0.2, 0) is 17.4 Å². The second-order valence-electron chi connectivity index (χ2n) is 7.96. The van der Waals surface area contributed by atoms with Crippen LogP contribution < -0.4 is 11.1 Å². The smallest absolute Gasteiger partial charge is 0.374 e. The zero-order valence-electron chi connectivity index (χ0n) is 15.4. The van der Waals surface area contributed by atoms with Crippen molar-refractivity contribution < 1.29 is 23.1 Å². The monoisotopic (exact) mass is 388 g/mol. The Labute approximate surface area is 156 Å². The molecule has 2 fully saturated rings. The fourth-order valence-corrected chi connectivity index (χ4v) is 4.66. The molecule has 2 aliphatic carbocycles. The number of carbonyl (C=O) groups is 1.